The van der Waals surface area contributed by atoms with Gasteiger partial charge in [0.25, 0.3) is 0 Å². The van der Waals surface area contributed by atoms with Crippen LogP contribution in [0.1, 0.15) is 0 Å². The van der Waals surface area contributed by atoms with Crippen LogP contribution in [-0.4, -0.2) is 0 Å². The van der Waals surface area contributed by atoms with Crippen LogP contribution in [0.4, 0.5) is 11.4 Å². The van der Waals surface area contributed by atoms with Gasteiger partial charge in [0.1, 0.15) is 0 Å². The Bertz CT molecular complexity index is 1340. The van der Waals surface area contributed by atoms with E-state index in [9.17, 15) is 0 Å². The minimum Gasteiger partial charge on any atom is -0.397 e. The molecule has 0 unspecified atom stereocenters. The summed E-state index contributed by atoms with van der Waals surface area (Å²) < 4.78 is 0. The fraction of sp³-hybridized carbons (Fsp3) is 0. The summed E-state index contributed by atoms with van der Waals surface area (Å²) >= 11 is 1.74. The first-order valence-electron chi connectivity index (χ1n) is 10.2. The number of benzene rings is 4. The number of hydrogen-bond acceptors (Lipinski definition) is 3. The van der Waals surface area contributed by atoms with Crippen LogP contribution >= 0.6 is 11.3 Å². The third-order valence-corrected chi connectivity index (χ3v) is 6.53. The number of rotatable bonds is 4. The minimum atomic E-state index is 0.617. The molecule has 1 aromatic heterocycles. The van der Waals surface area contributed by atoms with Gasteiger partial charge in [0.2, 0.25) is 0 Å². The third kappa shape index (κ3) is 3.49. The summed E-state index contributed by atoms with van der Waals surface area (Å²) in [4.78, 5) is 1.23. The Morgan fingerprint density at radius 2 is 0.935 bits per heavy atom. The van der Waals surface area contributed by atoms with E-state index >= 15 is 0 Å². The molecule has 4 N–H and O–H groups in total. The van der Waals surface area contributed by atoms with Crippen molar-refractivity contribution in [3.63, 3.8) is 0 Å². The van der Waals surface area contributed by atoms with Gasteiger partial charge >= 0.3 is 0 Å². The number of hydrogen-bond donors (Lipinski definition) is 2. The number of anilines is 2. The van der Waals surface area contributed by atoms with E-state index in [-0.39, 0.29) is 0 Å². The number of nitrogen functional groups attached to an aromatic ring is 2. The Kier molecular flexibility index (Phi) is 5.03. The standard InChI is InChI=1S/C28H22N2S/c29-26-21(19-9-3-1-4-10-19)15-16-24(27(26)30)23-13-7-8-14-25(23)28-22(17-18-31-28)20-11-5-2-6-12-20/h1-18H,29-30H2. The van der Waals surface area contributed by atoms with Gasteiger partial charge in [-0.25, -0.2) is 0 Å². The highest BCUT2D eigenvalue weighted by Gasteiger charge is 2.17. The molecule has 0 bridgehead atoms. The lowest BCUT2D eigenvalue weighted by molar-refractivity contribution is 1.57. The molecule has 2 nitrogen and oxygen atoms in total. The van der Waals surface area contributed by atoms with E-state index in [4.69, 9.17) is 11.5 Å². The summed E-state index contributed by atoms with van der Waals surface area (Å²) in [5, 5.41) is 2.14. The van der Waals surface area contributed by atoms with Crippen molar-refractivity contribution >= 4 is 22.7 Å². The first-order valence-corrected chi connectivity index (χ1v) is 11.1. The van der Waals surface area contributed by atoms with Gasteiger partial charge in [-0.1, -0.05) is 97.1 Å². The van der Waals surface area contributed by atoms with Gasteiger partial charge in [-0.05, 0) is 28.1 Å². The fourth-order valence-electron chi connectivity index (χ4n) is 4.02. The molecule has 1 heterocycles. The first-order chi connectivity index (χ1) is 15.2. The molecular weight excluding hydrogens is 396 g/mol. The number of nitrogens with two attached hydrogens (primary N) is 2. The lowest BCUT2D eigenvalue weighted by Gasteiger charge is -2.16. The van der Waals surface area contributed by atoms with Crippen molar-refractivity contribution in [2.24, 2.45) is 0 Å². The molecule has 0 amide bonds. The largest absolute Gasteiger partial charge is 0.397 e. The lowest BCUT2D eigenvalue weighted by atomic mass is 9.92. The predicted molar refractivity (Wildman–Crippen MR) is 135 cm³/mol. The molecule has 0 aliphatic heterocycles. The van der Waals surface area contributed by atoms with Crippen LogP contribution in [0.5, 0.6) is 0 Å². The van der Waals surface area contributed by atoms with E-state index in [1.54, 1.807) is 11.3 Å². The van der Waals surface area contributed by atoms with Gasteiger partial charge < -0.3 is 11.5 Å². The van der Waals surface area contributed by atoms with Crippen LogP contribution in [0.15, 0.2) is 109 Å². The highest BCUT2D eigenvalue weighted by molar-refractivity contribution is 7.14. The third-order valence-electron chi connectivity index (χ3n) is 5.58. The highest BCUT2D eigenvalue weighted by atomic mass is 32.1. The summed E-state index contributed by atoms with van der Waals surface area (Å²) in [6.07, 6.45) is 0. The Hall–Kier alpha value is -3.82. The molecule has 4 aromatic carbocycles. The maximum Gasteiger partial charge on any atom is 0.0634 e. The average molecular weight is 419 g/mol. The monoisotopic (exact) mass is 418 g/mol. The van der Waals surface area contributed by atoms with Crippen molar-refractivity contribution in [3.05, 3.63) is 109 Å². The molecule has 31 heavy (non-hydrogen) atoms. The van der Waals surface area contributed by atoms with E-state index in [1.807, 2.05) is 24.3 Å². The van der Waals surface area contributed by atoms with Crippen molar-refractivity contribution in [2.45, 2.75) is 0 Å². The van der Waals surface area contributed by atoms with E-state index in [0.29, 0.717) is 11.4 Å². The summed E-state index contributed by atoms with van der Waals surface area (Å²) in [6, 6.07) is 35.4. The molecule has 0 aliphatic carbocycles. The molecule has 5 rings (SSSR count). The molecule has 150 valence electrons. The Morgan fingerprint density at radius 1 is 0.419 bits per heavy atom. The summed E-state index contributed by atoms with van der Waals surface area (Å²) in [6.45, 7) is 0. The van der Waals surface area contributed by atoms with Crippen LogP contribution in [-0.2, 0) is 0 Å². The van der Waals surface area contributed by atoms with E-state index in [1.165, 1.54) is 16.0 Å². The second kappa shape index (κ2) is 8.13. The molecular formula is C28H22N2S. The molecule has 0 fully saturated rings. The maximum absolute atomic E-state index is 6.60. The van der Waals surface area contributed by atoms with Gasteiger partial charge in [0, 0.05) is 27.1 Å². The molecule has 0 spiro atoms. The van der Waals surface area contributed by atoms with Gasteiger partial charge in [0.05, 0.1) is 11.4 Å². The van der Waals surface area contributed by atoms with Crippen LogP contribution in [0.3, 0.4) is 0 Å². The topological polar surface area (TPSA) is 52.0 Å². The smallest absolute Gasteiger partial charge is 0.0634 e. The quantitative estimate of drug-likeness (QED) is 0.296. The van der Waals surface area contributed by atoms with E-state index in [2.05, 4.69) is 84.2 Å². The Labute approximate surface area is 186 Å². The Morgan fingerprint density at radius 3 is 1.61 bits per heavy atom. The minimum absolute atomic E-state index is 0.617. The highest BCUT2D eigenvalue weighted by Crippen LogP contribution is 2.44. The van der Waals surface area contributed by atoms with E-state index < -0.39 is 0 Å². The zero-order chi connectivity index (χ0) is 21.2. The molecule has 0 radical (unpaired) electrons. The van der Waals surface area contributed by atoms with Gasteiger partial charge in [0.15, 0.2) is 0 Å². The molecule has 0 saturated heterocycles. The second-order valence-electron chi connectivity index (χ2n) is 7.43. The van der Waals surface area contributed by atoms with Crippen molar-refractivity contribution in [1.29, 1.82) is 0 Å². The summed E-state index contributed by atoms with van der Waals surface area (Å²) in [7, 11) is 0. The number of thiophene rings is 1. The van der Waals surface area contributed by atoms with Crippen LogP contribution in [0.25, 0.3) is 43.8 Å². The SMILES string of the molecule is Nc1c(-c2ccccc2)ccc(-c2ccccc2-c2sccc2-c2ccccc2)c1N. The fourth-order valence-corrected chi connectivity index (χ4v) is 4.98. The normalized spacial score (nSPS) is 10.8. The van der Waals surface area contributed by atoms with Crippen molar-refractivity contribution < 1.29 is 0 Å². The molecule has 0 saturated carbocycles. The van der Waals surface area contributed by atoms with Crippen molar-refractivity contribution in [3.8, 4) is 43.8 Å². The molecule has 0 atom stereocenters. The Balaban J connectivity index is 1.66. The zero-order valence-corrected chi connectivity index (χ0v) is 17.8. The van der Waals surface area contributed by atoms with E-state index in [0.717, 1.165) is 27.8 Å². The molecule has 3 heteroatoms. The summed E-state index contributed by atoms with van der Waals surface area (Å²) in [5.74, 6) is 0. The van der Waals surface area contributed by atoms with Gasteiger partial charge in [-0.15, -0.1) is 11.3 Å². The van der Waals surface area contributed by atoms with Crippen molar-refractivity contribution in [1.82, 2.24) is 0 Å². The van der Waals surface area contributed by atoms with Crippen LogP contribution < -0.4 is 11.5 Å². The summed E-state index contributed by atoms with van der Waals surface area (Å²) in [5.41, 5.74) is 22.0. The van der Waals surface area contributed by atoms with Crippen LogP contribution in [0.2, 0.25) is 0 Å². The maximum atomic E-state index is 6.60. The molecule has 5 aromatic rings. The molecule has 0 aliphatic rings. The van der Waals surface area contributed by atoms with Crippen LogP contribution in [0, 0.1) is 0 Å². The predicted octanol–water partition coefficient (Wildman–Crippen LogP) is 7.58. The zero-order valence-electron chi connectivity index (χ0n) is 17.0. The first kappa shape index (κ1) is 19.2. The van der Waals surface area contributed by atoms with Gasteiger partial charge in [-0.2, -0.15) is 0 Å². The lowest BCUT2D eigenvalue weighted by Crippen LogP contribution is -2.00. The van der Waals surface area contributed by atoms with Crippen molar-refractivity contribution in [2.75, 3.05) is 11.5 Å². The second-order valence-corrected chi connectivity index (χ2v) is 8.35. The average Bonchev–Trinajstić information content (AvgIpc) is 3.32. The van der Waals surface area contributed by atoms with Gasteiger partial charge in [-0.3, -0.25) is 0 Å².